The number of esters is 1. The normalized spacial score (nSPS) is 10.6. The Balaban J connectivity index is 2.18. The Bertz CT molecular complexity index is 941. The zero-order valence-electron chi connectivity index (χ0n) is 14.7. The van der Waals surface area contributed by atoms with Crippen LogP contribution in [0.25, 0.3) is 6.08 Å². The average molecular weight is 410 g/mol. The molecule has 0 radical (unpaired) electrons. The first-order valence-corrected chi connectivity index (χ1v) is 8.06. The topological polar surface area (TPSA) is 77.8 Å². The van der Waals surface area contributed by atoms with Crippen LogP contribution in [0.4, 0.5) is 8.78 Å². The molecule has 0 unspecified atom stereocenters. The molecule has 0 spiro atoms. The average Bonchev–Trinajstić information content (AvgIpc) is 2.67. The first-order valence-electron chi connectivity index (χ1n) is 7.68. The van der Waals surface area contributed by atoms with E-state index in [1.54, 1.807) is 0 Å². The minimum atomic E-state index is -2.99. The van der Waals surface area contributed by atoms with Crippen molar-refractivity contribution in [1.29, 1.82) is 5.26 Å². The molecule has 0 saturated carbocycles. The molecular formula is C19H14ClF2NO5. The van der Waals surface area contributed by atoms with Gasteiger partial charge < -0.3 is 18.9 Å². The molecule has 0 atom stereocenters. The molecule has 0 amide bonds. The molecule has 0 aliphatic carbocycles. The zero-order valence-corrected chi connectivity index (χ0v) is 15.5. The van der Waals surface area contributed by atoms with Gasteiger partial charge in [0.2, 0.25) is 0 Å². The van der Waals surface area contributed by atoms with Gasteiger partial charge in [-0.05, 0) is 29.8 Å². The van der Waals surface area contributed by atoms with Crippen molar-refractivity contribution in [1.82, 2.24) is 0 Å². The van der Waals surface area contributed by atoms with Crippen LogP contribution in [0.2, 0.25) is 5.02 Å². The van der Waals surface area contributed by atoms with Gasteiger partial charge in [0.1, 0.15) is 0 Å². The van der Waals surface area contributed by atoms with E-state index in [1.165, 1.54) is 50.6 Å². The molecule has 0 saturated heterocycles. The predicted molar refractivity (Wildman–Crippen MR) is 97.0 cm³/mol. The molecule has 0 aromatic heterocycles. The van der Waals surface area contributed by atoms with Crippen LogP contribution >= 0.6 is 11.6 Å². The Morgan fingerprint density at radius 3 is 2.46 bits per heavy atom. The molecule has 2 rings (SSSR count). The van der Waals surface area contributed by atoms with Gasteiger partial charge in [-0.15, -0.1) is 0 Å². The maximum Gasteiger partial charge on any atom is 0.387 e. The highest BCUT2D eigenvalue weighted by molar-refractivity contribution is 6.32. The van der Waals surface area contributed by atoms with Crippen molar-refractivity contribution in [2.24, 2.45) is 0 Å². The quantitative estimate of drug-likeness (QED) is 0.382. The third-order valence-electron chi connectivity index (χ3n) is 3.38. The van der Waals surface area contributed by atoms with Crippen LogP contribution in [0.15, 0.2) is 36.4 Å². The molecule has 0 fully saturated rings. The number of rotatable bonds is 7. The number of carbonyl (C=O) groups excluding carboxylic acids is 1. The predicted octanol–water partition coefficient (Wildman–Crippen LogP) is 4.45. The third-order valence-corrected chi connectivity index (χ3v) is 3.66. The summed E-state index contributed by atoms with van der Waals surface area (Å²) in [6, 6.07) is 8.78. The minimum absolute atomic E-state index is 0.0314. The number of ether oxygens (including phenoxy) is 4. The van der Waals surface area contributed by atoms with Gasteiger partial charge in [0.25, 0.3) is 0 Å². The van der Waals surface area contributed by atoms with Crippen molar-refractivity contribution in [2.45, 2.75) is 6.61 Å². The van der Waals surface area contributed by atoms with Gasteiger partial charge in [0.15, 0.2) is 23.0 Å². The van der Waals surface area contributed by atoms with Crippen LogP contribution < -0.4 is 18.9 Å². The number of nitriles is 1. The van der Waals surface area contributed by atoms with E-state index in [9.17, 15) is 13.6 Å². The largest absolute Gasteiger partial charge is 0.493 e. The first kappa shape index (κ1) is 21.0. The number of hydrogen-bond acceptors (Lipinski definition) is 6. The van der Waals surface area contributed by atoms with Gasteiger partial charge in [-0.25, -0.2) is 4.79 Å². The van der Waals surface area contributed by atoms with Gasteiger partial charge in [0, 0.05) is 12.1 Å². The summed E-state index contributed by atoms with van der Waals surface area (Å²) in [4.78, 5) is 12.1. The van der Waals surface area contributed by atoms with Crippen molar-refractivity contribution in [3.8, 4) is 29.1 Å². The van der Waals surface area contributed by atoms with Crippen molar-refractivity contribution < 1.29 is 32.5 Å². The Morgan fingerprint density at radius 2 is 1.86 bits per heavy atom. The summed E-state index contributed by atoms with van der Waals surface area (Å²) in [5.41, 5.74) is 0.726. The molecule has 0 aliphatic heterocycles. The van der Waals surface area contributed by atoms with Crippen LogP contribution in [0.3, 0.4) is 0 Å². The SMILES string of the molecule is COc1cc(/C=C/C(=O)Oc2c(Cl)cc(C#N)cc2OC)ccc1OC(F)F. The smallest absolute Gasteiger partial charge is 0.387 e. The van der Waals surface area contributed by atoms with Crippen molar-refractivity contribution in [3.63, 3.8) is 0 Å². The standard InChI is InChI=1S/C19H14ClF2NO5/c1-25-15-8-11(3-5-14(15)27-19(21)22)4-6-17(24)28-18-13(20)7-12(10-23)9-16(18)26-2/h3-9,19H,1-2H3/b6-4+. The molecule has 2 aromatic carbocycles. The highest BCUT2D eigenvalue weighted by atomic mass is 35.5. The van der Waals surface area contributed by atoms with E-state index >= 15 is 0 Å². The van der Waals surface area contributed by atoms with E-state index in [0.717, 1.165) is 6.08 Å². The lowest BCUT2D eigenvalue weighted by Crippen LogP contribution is -2.06. The lowest BCUT2D eigenvalue weighted by molar-refractivity contribution is -0.129. The third kappa shape index (κ3) is 5.34. The summed E-state index contributed by atoms with van der Waals surface area (Å²) in [7, 11) is 2.64. The van der Waals surface area contributed by atoms with Crippen LogP contribution in [-0.2, 0) is 4.79 Å². The fourth-order valence-corrected chi connectivity index (χ4v) is 2.41. The Labute approximate surface area is 164 Å². The molecule has 146 valence electrons. The van der Waals surface area contributed by atoms with Crippen molar-refractivity contribution in [3.05, 3.63) is 52.6 Å². The lowest BCUT2D eigenvalue weighted by Gasteiger charge is -2.10. The van der Waals surface area contributed by atoms with Gasteiger partial charge in [-0.2, -0.15) is 14.0 Å². The number of carbonyl (C=O) groups is 1. The Kier molecular flexibility index (Phi) is 7.18. The van der Waals surface area contributed by atoms with E-state index in [1.807, 2.05) is 6.07 Å². The summed E-state index contributed by atoms with van der Waals surface area (Å²) in [5.74, 6) is -0.729. The maximum atomic E-state index is 12.3. The molecular weight excluding hydrogens is 396 g/mol. The molecule has 9 heteroatoms. The van der Waals surface area contributed by atoms with Crippen molar-refractivity contribution in [2.75, 3.05) is 14.2 Å². The van der Waals surface area contributed by atoms with E-state index in [0.29, 0.717) is 5.56 Å². The highest BCUT2D eigenvalue weighted by Crippen LogP contribution is 2.36. The summed E-state index contributed by atoms with van der Waals surface area (Å²) >= 11 is 6.03. The van der Waals surface area contributed by atoms with E-state index in [4.69, 9.17) is 31.1 Å². The zero-order chi connectivity index (χ0) is 20.7. The molecule has 0 heterocycles. The number of nitrogens with zero attached hydrogens (tertiary/aromatic N) is 1. The number of alkyl halides is 2. The van der Waals surface area contributed by atoms with Gasteiger partial charge in [-0.3, -0.25) is 0 Å². The van der Waals surface area contributed by atoms with E-state index < -0.39 is 12.6 Å². The number of halogens is 3. The number of methoxy groups -OCH3 is 2. The number of hydrogen-bond donors (Lipinski definition) is 0. The van der Waals surface area contributed by atoms with Gasteiger partial charge in [0.05, 0.1) is 30.9 Å². The van der Waals surface area contributed by atoms with Crippen molar-refractivity contribution >= 4 is 23.6 Å². The molecule has 28 heavy (non-hydrogen) atoms. The molecule has 0 N–H and O–H groups in total. The van der Waals surface area contributed by atoms with Gasteiger partial charge >= 0.3 is 12.6 Å². The summed E-state index contributed by atoms with van der Waals surface area (Å²) in [5, 5.41) is 8.97. The second-order valence-electron chi connectivity index (χ2n) is 5.14. The summed E-state index contributed by atoms with van der Waals surface area (Å²) in [6.07, 6.45) is 2.50. The second kappa shape index (κ2) is 9.58. The summed E-state index contributed by atoms with van der Waals surface area (Å²) < 4.78 is 44.3. The lowest BCUT2D eigenvalue weighted by atomic mass is 10.2. The van der Waals surface area contributed by atoms with Crippen LogP contribution in [0.5, 0.6) is 23.0 Å². The number of benzene rings is 2. The minimum Gasteiger partial charge on any atom is -0.493 e. The van der Waals surface area contributed by atoms with Gasteiger partial charge in [-0.1, -0.05) is 17.7 Å². The monoisotopic (exact) mass is 409 g/mol. The van der Waals surface area contributed by atoms with E-state index in [-0.39, 0.29) is 33.6 Å². The van der Waals surface area contributed by atoms with Crippen LogP contribution in [0.1, 0.15) is 11.1 Å². The fraction of sp³-hybridized carbons (Fsp3) is 0.158. The van der Waals surface area contributed by atoms with Crippen LogP contribution in [-0.4, -0.2) is 26.8 Å². The molecule has 2 aromatic rings. The van der Waals surface area contributed by atoms with E-state index in [2.05, 4.69) is 4.74 Å². The second-order valence-corrected chi connectivity index (χ2v) is 5.55. The maximum absolute atomic E-state index is 12.3. The Hall–Kier alpha value is -3.31. The molecule has 6 nitrogen and oxygen atoms in total. The fourth-order valence-electron chi connectivity index (χ4n) is 2.16. The summed E-state index contributed by atoms with van der Waals surface area (Å²) in [6.45, 7) is -2.99. The Morgan fingerprint density at radius 1 is 1.14 bits per heavy atom. The highest BCUT2D eigenvalue weighted by Gasteiger charge is 2.15. The van der Waals surface area contributed by atoms with Crippen LogP contribution in [0, 0.1) is 11.3 Å². The molecule has 0 aliphatic rings. The first-order chi connectivity index (χ1) is 13.4. The molecule has 0 bridgehead atoms.